The summed E-state index contributed by atoms with van der Waals surface area (Å²) >= 11 is 0. The summed E-state index contributed by atoms with van der Waals surface area (Å²) in [5.41, 5.74) is 10.8. The molecule has 23 nitrogen and oxygen atoms in total. The number of phenols is 3. The average molecular weight is 1090 g/mol. The van der Waals surface area contributed by atoms with Gasteiger partial charge in [0.15, 0.2) is 17.3 Å². The number of fused-ring (bicyclic) bond motifs is 15. The molecule has 4 aliphatic heterocycles. The molecule has 0 radical (unpaired) electrons. The van der Waals surface area contributed by atoms with Crippen LogP contribution >= 0.6 is 0 Å². The minimum absolute atomic E-state index is 0.0318. The Hall–Kier alpha value is -7.77. The predicted molar refractivity (Wildman–Crippen MR) is 283 cm³/mol. The maximum atomic E-state index is 16.2. The zero-order valence-corrected chi connectivity index (χ0v) is 44.1. The number of carbonyl (C=O) groups excluding carboxylic acids is 3. The number of carboxylic acid groups (broad SMARTS) is 1. The number of anilines is 2. The van der Waals surface area contributed by atoms with Crippen molar-refractivity contribution in [1.29, 1.82) is 0 Å². The van der Waals surface area contributed by atoms with Crippen LogP contribution in [0.5, 0.6) is 28.7 Å². The lowest BCUT2D eigenvalue weighted by Crippen LogP contribution is -2.60. The first-order valence-corrected chi connectivity index (χ1v) is 25.2. The molecule has 4 aromatic rings. The standard InChI is InChI=1S/C54H64FN7O16/c1-23-10-9-11-24(2)52(71)59-39-30(21-58-61-17-15-60(16-18-61)41-32(55)20-29-40(50(41)75-8)62(28-12-13-28)22-31(44(29)66)53(72)73)45(67)34-35(46(39)68)43(65)26(4)48-36(34)51(70)54(6,78-48)76-19-14-33(74-7)25(3)49(77-27(5)63)38(57)47(69)37(56)42(23)64/h9-11,14,19-23,25,28,33,37-38,42,47,49,64-65,67-69H,12-13,15-18,56-57H2,1-8H3,(H,59,71)(H,72,73)/b10-9+,19-14?,24-11-,58-21+/t23-,25+,33-,37+,38+,42-,47+,49+,54-/m0/s1. The fraction of sp³-hybridized carbons (Fsp3) is 0.444. The number of aromatic carboxylic acids is 1. The van der Waals surface area contributed by atoms with E-state index in [4.69, 9.17) is 35.2 Å². The maximum absolute atomic E-state index is 16.2. The first kappa shape index (κ1) is 56.4. The number of rotatable bonds is 8. The number of carbonyl (C=O) groups is 4. The van der Waals surface area contributed by atoms with Crippen LogP contribution in [0.15, 0.2) is 58.3 Å². The number of esters is 1. The number of amides is 1. The van der Waals surface area contributed by atoms with E-state index in [-0.39, 0.29) is 88.0 Å². The van der Waals surface area contributed by atoms with Crippen molar-refractivity contribution in [3.05, 3.63) is 86.7 Å². The van der Waals surface area contributed by atoms with Gasteiger partial charge < -0.3 is 80.6 Å². The van der Waals surface area contributed by atoms with E-state index in [1.165, 1.54) is 65.5 Å². The molecule has 11 N–H and O–H groups in total. The number of aromatic nitrogens is 1. The van der Waals surface area contributed by atoms with Crippen LogP contribution in [0.1, 0.15) is 85.3 Å². The lowest BCUT2D eigenvalue weighted by molar-refractivity contribution is -0.155. The van der Waals surface area contributed by atoms with Crippen LogP contribution < -0.4 is 36.6 Å². The molecule has 5 bridgehead atoms. The molecule has 0 spiro atoms. The molecule has 0 unspecified atom stereocenters. The van der Waals surface area contributed by atoms with Gasteiger partial charge in [-0.3, -0.25) is 24.2 Å². The van der Waals surface area contributed by atoms with Crippen molar-refractivity contribution in [2.45, 2.75) is 103 Å². The number of nitrogens with zero attached hydrogens (tertiary/aromatic N) is 4. The molecule has 1 aliphatic carbocycles. The predicted octanol–water partition coefficient (Wildman–Crippen LogP) is 3.79. The number of allylic oxidation sites excluding steroid dienone is 2. The number of pyridine rings is 1. The number of halogens is 1. The van der Waals surface area contributed by atoms with Crippen LogP contribution in [-0.4, -0.2) is 153 Å². The van der Waals surface area contributed by atoms with Crippen LogP contribution in [0.2, 0.25) is 0 Å². The summed E-state index contributed by atoms with van der Waals surface area (Å²) in [5, 5.41) is 76.6. The van der Waals surface area contributed by atoms with Gasteiger partial charge in [-0.25, -0.2) is 9.18 Å². The van der Waals surface area contributed by atoms with Gasteiger partial charge in [-0.1, -0.05) is 32.1 Å². The van der Waals surface area contributed by atoms with E-state index in [1.807, 2.05) is 0 Å². The normalized spacial score (nSPS) is 27.4. The number of ketones is 1. The molecular weight excluding hydrogens is 1020 g/mol. The number of carboxylic acids is 1. The highest BCUT2D eigenvalue weighted by molar-refractivity contribution is 6.24. The van der Waals surface area contributed by atoms with Crippen molar-refractivity contribution in [1.82, 2.24) is 9.58 Å². The summed E-state index contributed by atoms with van der Waals surface area (Å²) in [4.78, 5) is 68.1. The second kappa shape index (κ2) is 21.9. The van der Waals surface area contributed by atoms with Gasteiger partial charge in [0.1, 0.15) is 34.6 Å². The number of hydrogen-bond donors (Lipinski definition) is 9. The fourth-order valence-corrected chi connectivity index (χ4v) is 10.3. The van der Waals surface area contributed by atoms with Crippen molar-refractivity contribution in [3.8, 4) is 28.7 Å². The molecule has 3 aromatic carbocycles. The monoisotopic (exact) mass is 1090 g/mol. The summed E-state index contributed by atoms with van der Waals surface area (Å²) in [6.07, 6.45) is 5.34. The lowest BCUT2D eigenvalue weighted by Gasteiger charge is -2.37. The van der Waals surface area contributed by atoms with Gasteiger partial charge >= 0.3 is 17.7 Å². The quantitative estimate of drug-likeness (QED) is 0.0524. The summed E-state index contributed by atoms with van der Waals surface area (Å²) in [5.74, 6) is -10.8. The number of nitrogens with one attached hydrogen (secondary N) is 1. The largest absolute Gasteiger partial charge is 0.507 e. The second-order valence-corrected chi connectivity index (χ2v) is 20.2. The number of methoxy groups -OCH3 is 2. The molecule has 78 heavy (non-hydrogen) atoms. The fourth-order valence-electron chi connectivity index (χ4n) is 10.3. The zero-order chi connectivity index (χ0) is 57.0. The number of ether oxygens (including phenoxy) is 5. The number of Topliss-reactive ketones (excluding diaryl/α,β-unsaturated/α-hetero) is 1. The molecular formula is C54H64FN7O16. The number of aliphatic hydroxyl groups excluding tert-OH is 2. The van der Waals surface area contributed by atoms with E-state index in [0.717, 1.165) is 25.5 Å². The number of piperazine rings is 1. The van der Waals surface area contributed by atoms with Crippen molar-refractivity contribution in [3.63, 3.8) is 0 Å². The number of aromatic hydroxyl groups is 3. The molecule has 24 heteroatoms. The molecule has 1 saturated carbocycles. The second-order valence-electron chi connectivity index (χ2n) is 20.2. The highest BCUT2D eigenvalue weighted by Gasteiger charge is 2.50. The molecule has 5 aliphatic rings. The average Bonchev–Trinajstić information content (AvgIpc) is 4.39. The Labute approximate surface area is 446 Å². The minimum Gasteiger partial charge on any atom is -0.507 e. The smallest absolute Gasteiger partial charge is 0.341 e. The molecule has 5 heterocycles. The van der Waals surface area contributed by atoms with Crippen molar-refractivity contribution in [2.75, 3.05) is 50.6 Å². The van der Waals surface area contributed by atoms with Gasteiger partial charge in [0.25, 0.3) is 11.7 Å². The van der Waals surface area contributed by atoms with Gasteiger partial charge in [0, 0.05) is 74.6 Å². The van der Waals surface area contributed by atoms with E-state index < -0.39 is 123 Å². The van der Waals surface area contributed by atoms with Crippen molar-refractivity contribution < 1.29 is 77.9 Å². The van der Waals surface area contributed by atoms with Gasteiger partial charge in [-0.15, -0.1) is 0 Å². The third-order valence-corrected chi connectivity index (χ3v) is 15.0. The first-order chi connectivity index (χ1) is 36.9. The van der Waals surface area contributed by atoms with E-state index in [2.05, 4.69) is 10.4 Å². The molecule has 9 rings (SSSR count). The molecule has 1 aromatic heterocycles. The Bertz CT molecular complexity index is 3290. The number of hydrazone groups is 1. The van der Waals surface area contributed by atoms with Gasteiger partial charge in [-0.05, 0) is 38.8 Å². The van der Waals surface area contributed by atoms with E-state index in [0.29, 0.717) is 12.8 Å². The number of phenolic OH excluding ortho intramolecular Hbond substituents is 3. The van der Waals surface area contributed by atoms with Gasteiger partial charge in [-0.2, -0.15) is 5.10 Å². The van der Waals surface area contributed by atoms with Crippen LogP contribution in [0.25, 0.3) is 21.7 Å². The topological polar surface area (TPSA) is 341 Å². The first-order valence-electron chi connectivity index (χ1n) is 25.2. The Balaban J connectivity index is 1.20. The number of benzene rings is 3. The van der Waals surface area contributed by atoms with Gasteiger partial charge in [0.2, 0.25) is 5.43 Å². The Morgan fingerprint density at radius 3 is 2.26 bits per heavy atom. The molecule has 2 fully saturated rings. The third kappa shape index (κ3) is 10.2. The summed E-state index contributed by atoms with van der Waals surface area (Å²) in [6.45, 7) is 8.93. The molecule has 418 valence electrons. The highest BCUT2D eigenvalue weighted by Crippen LogP contribution is 2.55. The maximum Gasteiger partial charge on any atom is 0.341 e. The van der Waals surface area contributed by atoms with Crippen LogP contribution in [-0.2, 0) is 23.8 Å². The van der Waals surface area contributed by atoms with E-state index in [1.54, 1.807) is 28.3 Å². The Morgan fingerprint density at radius 1 is 0.962 bits per heavy atom. The minimum atomic E-state index is -2.19. The van der Waals surface area contributed by atoms with Crippen molar-refractivity contribution in [2.24, 2.45) is 28.4 Å². The molecule has 1 amide bonds. The highest BCUT2D eigenvalue weighted by atomic mass is 19.1. The number of aliphatic hydroxyl groups is 2. The SMILES string of the molecule is COc1c(N2CCN(/N=C/c3c4c(O)c5c(O)c(C)c6c(c5c3O)C(=O)[C@@](C)(OC=C[C@H](OC)[C@@H](C)[C@@H](OC(C)=O)[C@H](N)[C@H](O)[C@H](N)[C@@H](O)[C@@H](C)/C=C/C=C(/C)C(=O)N4)O6)CC2)c(F)cc2c(=O)c(C(=O)O)cn(C3CC3)c12. The summed E-state index contributed by atoms with van der Waals surface area (Å²) in [7, 11) is 2.67. The zero-order valence-electron chi connectivity index (χ0n) is 44.1. The molecule has 1 saturated heterocycles. The Morgan fingerprint density at radius 2 is 1.64 bits per heavy atom. The van der Waals surface area contributed by atoms with Crippen LogP contribution in [0, 0.1) is 24.6 Å². The number of nitrogens with two attached hydrogens (primary N) is 2. The lowest BCUT2D eigenvalue weighted by atomic mass is 9.84. The molecule has 9 atom stereocenters. The Kier molecular flexibility index (Phi) is 15.9. The van der Waals surface area contributed by atoms with E-state index in [9.17, 15) is 54.6 Å². The third-order valence-electron chi connectivity index (χ3n) is 15.0. The van der Waals surface area contributed by atoms with Gasteiger partial charge in [0.05, 0.1) is 96.2 Å². The number of hydrogen-bond acceptors (Lipinski definition) is 20. The summed E-state index contributed by atoms with van der Waals surface area (Å²) in [6, 6.07) is -1.84. The summed E-state index contributed by atoms with van der Waals surface area (Å²) < 4.78 is 47.1. The van der Waals surface area contributed by atoms with Crippen LogP contribution in [0.4, 0.5) is 15.8 Å². The van der Waals surface area contributed by atoms with Crippen LogP contribution in [0.3, 0.4) is 0 Å². The van der Waals surface area contributed by atoms with Crippen molar-refractivity contribution >= 4 is 62.9 Å². The van der Waals surface area contributed by atoms with E-state index >= 15 is 4.39 Å².